The van der Waals surface area contributed by atoms with Gasteiger partial charge in [0.15, 0.2) is 0 Å². The summed E-state index contributed by atoms with van der Waals surface area (Å²) in [7, 11) is 0. The molecule has 0 spiro atoms. The molecule has 1 aliphatic rings. The molecule has 0 radical (unpaired) electrons. The molecular weight excluding hydrogens is 270 g/mol. The average Bonchev–Trinajstić information content (AvgIpc) is 2.44. The fraction of sp³-hybridized carbons (Fsp3) is 0.562. The first kappa shape index (κ1) is 15.4. The maximum absolute atomic E-state index is 11.0. The smallest absolute Gasteiger partial charge is 0.310 e. The Balaban J connectivity index is 2.02. The van der Waals surface area contributed by atoms with E-state index in [0.717, 1.165) is 18.7 Å². The van der Waals surface area contributed by atoms with E-state index in [4.69, 9.17) is 5.11 Å². The summed E-state index contributed by atoms with van der Waals surface area (Å²) in [6, 6.07) is 8.61. The molecule has 0 aromatic heterocycles. The zero-order valence-corrected chi connectivity index (χ0v) is 13.2. The summed E-state index contributed by atoms with van der Waals surface area (Å²) in [5.41, 5.74) is 2.13. The van der Waals surface area contributed by atoms with Crippen LogP contribution in [-0.4, -0.2) is 39.6 Å². The van der Waals surface area contributed by atoms with Crippen molar-refractivity contribution >= 4 is 17.7 Å². The number of aliphatic carboxylic acids is 1. The third-order valence-corrected chi connectivity index (χ3v) is 5.59. The third kappa shape index (κ3) is 3.55. The van der Waals surface area contributed by atoms with Crippen LogP contribution in [0.2, 0.25) is 0 Å². The summed E-state index contributed by atoms with van der Waals surface area (Å²) in [5.74, 6) is -0.0118. The predicted octanol–water partition coefficient (Wildman–Crippen LogP) is 3.20. The molecule has 110 valence electrons. The van der Waals surface area contributed by atoms with Crippen molar-refractivity contribution < 1.29 is 9.90 Å². The van der Waals surface area contributed by atoms with Crippen LogP contribution in [0.1, 0.15) is 37.8 Å². The van der Waals surface area contributed by atoms with Gasteiger partial charge in [-0.15, -0.1) is 0 Å². The molecule has 3 atom stereocenters. The molecule has 1 fully saturated rings. The largest absolute Gasteiger partial charge is 0.481 e. The minimum Gasteiger partial charge on any atom is -0.481 e. The Kier molecular flexibility index (Phi) is 5.11. The Labute approximate surface area is 125 Å². The summed E-state index contributed by atoms with van der Waals surface area (Å²) in [6.45, 7) is 8.39. The van der Waals surface area contributed by atoms with Gasteiger partial charge >= 0.3 is 5.97 Å². The quantitative estimate of drug-likeness (QED) is 0.925. The van der Waals surface area contributed by atoms with Crippen molar-refractivity contribution in [1.82, 2.24) is 4.90 Å². The highest BCUT2D eigenvalue weighted by molar-refractivity contribution is 8.00. The Bertz CT molecular complexity index is 460. The lowest BCUT2D eigenvalue weighted by Gasteiger charge is -2.37. The zero-order valence-electron chi connectivity index (χ0n) is 12.4. The molecule has 0 aliphatic carbocycles. The number of nitrogens with zero attached hydrogens (tertiary/aromatic N) is 1. The Morgan fingerprint density at radius 3 is 2.65 bits per heavy atom. The van der Waals surface area contributed by atoms with E-state index < -0.39 is 11.9 Å². The maximum Gasteiger partial charge on any atom is 0.310 e. The number of carbonyl (C=O) groups is 1. The maximum atomic E-state index is 11.0. The van der Waals surface area contributed by atoms with Gasteiger partial charge in [-0.25, -0.2) is 0 Å². The van der Waals surface area contributed by atoms with Crippen LogP contribution in [0.3, 0.4) is 0 Å². The van der Waals surface area contributed by atoms with E-state index in [1.54, 1.807) is 6.92 Å². The first-order chi connectivity index (χ1) is 9.49. The topological polar surface area (TPSA) is 40.5 Å². The van der Waals surface area contributed by atoms with Gasteiger partial charge in [0.05, 0.1) is 5.92 Å². The normalized spacial score (nSPS) is 25.4. The van der Waals surface area contributed by atoms with Crippen molar-refractivity contribution in [1.29, 1.82) is 0 Å². The van der Waals surface area contributed by atoms with Gasteiger partial charge < -0.3 is 5.11 Å². The van der Waals surface area contributed by atoms with Crippen molar-refractivity contribution in [3.8, 4) is 0 Å². The van der Waals surface area contributed by atoms with Crippen LogP contribution in [0.25, 0.3) is 0 Å². The number of rotatable bonds is 4. The molecule has 0 bridgehead atoms. The van der Waals surface area contributed by atoms with E-state index in [1.807, 2.05) is 23.9 Å². The predicted molar refractivity (Wildman–Crippen MR) is 84.3 cm³/mol. The van der Waals surface area contributed by atoms with Crippen LogP contribution in [0.4, 0.5) is 0 Å². The number of benzene rings is 1. The van der Waals surface area contributed by atoms with Gasteiger partial charge in [-0.3, -0.25) is 9.69 Å². The van der Waals surface area contributed by atoms with Crippen LogP contribution >= 0.6 is 11.8 Å². The number of hydrogen-bond donors (Lipinski definition) is 1. The summed E-state index contributed by atoms with van der Waals surface area (Å²) in [4.78, 5) is 13.5. The summed E-state index contributed by atoms with van der Waals surface area (Å²) in [6.07, 6.45) is 0. The molecular formula is C16H23NO2S. The van der Waals surface area contributed by atoms with Crippen molar-refractivity contribution in [3.05, 3.63) is 35.4 Å². The van der Waals surface area contributed by atoms with Gasteiger partial charge in [0.1, 0.15) is 0 Å². The Hall–Kier alpha value is -1.00. The molecule has 3 unspecified atom stereocenters. The number of carboxylic acids is 1. The van der Waals surface area contributed by atoms with Gasteiger partial charge in [0.2, 0.25) is 0 Å². The second-order valence-electron chi connectivity index (χ2n) is 5.59. The van der Waals surface area contributed by atoms with Crippen molar-refractivity contribution in [2.24, 2.45) is 0 Å². The van der Waals surface area contributed by atoms with Gasteiger partial charge in [-0.1, -0.05) is 31.2 Å². The number of thioether (sulfide) groups is 1. The van der Waals surface area contributed by atoms with Crippen LogP contribution < -0.4 is 0 Å². The highest BCUT2D eigenvalue weighted by Crippen LogP contribution is 2.26. The summed E-state index contributed by atoms with van der Waals surface area (Å²) in [5, 5.41) is 9.70. The monoisotopic (exact) mass is 293 g/mol. The number of carboxylic acid groups (broad SMARTS) is 1. The molecule has 3 nitrogen and oxygen atoms in total. The SMILES string of the molecule is CC(C(=O)O)c1ccc(CN2CCSC(C)C2C)cc1. The van der Waals surface area contributed by atoms with Crippen LogP contribution in [0, 0.1) is 0 Å². The molecule has 20 heavy (non-hydrogen) atoms. The minimum absolute atomic E-state index is 0.436. The standard InChI is InChI=1S/C16H23NO2S/c1-11(16(18)19)15-6-4-14(5-7-15)10-17-8-9-20-13(3)12(17)2/h4-7,11-13H,8-10H2,1-3H3,(H,18,19). The van der Waals surface area contributed by atoms with Crippen molar-refractivity contribution in [2.45, 2.75) is 44.5 Å². The summed E-state index contributed by atoms with van der Waals surface area (Å²) >= 11 is 2.04. The lowest BCUT2D eigenvalue weighted by molar-refractivity contribution is -0.138. The van der Waals surface area contributed by atoms with E-state index in [0.29, 0.717) is 11.3 Å². The van der Waals surface area contributed by atoms with Crippen molar-refractivity contribution in [3.63, 3.8) is 0 Å². The molecule has 1 heterocycles. The van der Waals surface area contributed by atoms with Gasteiger partial charge in [0.25, 0.3) is 0 Å². The summed E-state index contributed by atoms with van der Waals surface area (Å²) < 4.78 is 0. The Morgan fingerprint density at radius 2 is 2.05 bits per heavy atom. The highest BCUT2D eigenvalue weighted by Gasteiger charge is 2.25. The molecule has 2 rings (SSSR count). The first-order valence-corrected chi connectivity index (χ1v) is 8.21. The first-order valence-electron chi connectivity index (χ1n) is 7.16. The minimum atomic E-state index is -0.770. The third-order valence-electron chi connectivity index (χ3n) is 4.25. The Morgan fingerprint density at radius 1 is 1.40 bits per heavy atom. The molecule has 1 N–H and O–H groups in total. The van der Waals surface area contributed by atoms with E-state index in [-0.39, 0.29) is 0 Å². The van der Waals surface area contributed by atoms with Crippen LogP contribution in [-0.2, 0) is 11.3 Å². The fourth-order valence-corrected chi connectivity index (χ4v) is 3.67. The van der Waals surface area contributed by atoms with E-state index >= 15 is 0 Å². The van der Waals surface area contributed by atoms with E-state index in [2.05, 4.69) is 30.9 Å². The molecule has 0 saturated carbocycles. The molecule has 0 amide bonds. The zero-order chi connectivity index (χ0) is 14.7. The second-order valence-corrected chi connectivity index (χ2v) is 7.07. The van der Waals surface area contributed by atoms with Gasteiger partial charge in [0, 0.05) is 30.1 Å². The number of hydrogen-bond acceptors (Lipinski definition) is 3. The van der Waals surface area contributed by atoms with E-state index in [1.165, 1.54) is 11.3 Å². The molecule has 4 heteroatoms. The lowest BCUT2D eigenvalue weighted by atomic mass is 10.00. The molecule has 1 aliphatic heterocycles. The lowest BCUT2D eigenvalue weighted by Crippen LogP contribution is -2.43. The van der Waals surface area contributed by atoms with Gasteiger partial charge in [-0.05, 0) is 25.0 Å². The van der Waals surface area contributed by atoms with Crippen LogP contribution in [0.5, 0.6) is 0 Å². The molecule has 1 saturated heterocycles. The average molecular weight is 293 g/mol. The molecule has 1 aromatic carbocycles. The van der Waals surface area contributed by atoms with E-state index in [9.17, 15) is 4.79 Å². The van der Waals surface area contributed by atoms with Crippen LogP contribution in [0.15, 0.2) is 24.3 Å². The fourth-order valence-electron chi connectivity index (χ4n) is 2.51. The molecule has 1 aromatic rings. The highest BCUT2D eigenvalue weighted by atomic mass is 32.2. The van der Waals surface area contributed by atoms with Crippen molar-refractivity contribution in [2.75, 3.05) is 12.3 Å². The second kappa shape index (κ2) is 6.64. The van der Waals surface area contributed by atoms with Gasteiger partial charge in [-0.2, -0.15) is 11.8 Å².